The molecule has 0 saturated carbocycles. The van der Waals surface area contributed by atoms with E-state index in [1.807, 2.05) is 0 Å². The number of unbranched alkanes of at least 4 members (excludes halogenated alkanes) is 14. The number of fused-ring (bicyclic) bond motifs is 6. The van der Waals surface area contributed by atoms with E-state index in [0.29, 0.717) is 0 Å². The summed E-state index contributed by atoms with van der Waals surface area (Å²) < 4.78 is 12.7. The van der Waals surface area contributed by atoms with Gasteiger partial charge in [-0.15, -0.1) is 0 Å². The molecule has 3 aromatic carbocycles. The summed E-state index contributed by atoms with van der Waals surface area (Å²) in [6, 6.07) is 17.9. The highest BCUT2D eigenvalue weighted by Crippen LogP contribution is 2.37. The molecule has 0 aliphatic rings. The standard InChI is InChI=1S/C38H50O2/c1-3-5-7-9-11-13-15-17-19-29-21-23-35-31(25-29)33-27-38-34(28-37(33)39-35)32-26-30(22-24-36(32)40-38)20-18-16-14-12-10-8-6-4-2/h21-28H,3-20H2,1-2H3. The molecule has 2 heteroatoms. The van der Waals surface area contributed by atoms with E-state index in [0.717, 1.165) is 35.2 Å². The zero-order valence-corrected chi connectivity index (χ0v) is 25.2. The number of hydrogen-bond acceptors (Lipinski definition) is 2. The van der Waals surface area contributed by atoms with Crippen LogP contribution in [-0.4, -0.2) is 0 Å². The van der Waals surface area contributed by atoms with Gasteiger partial charge in [0.1, 0.15) is 22.3 Å². The van der Waals surface area contributed by atoms with Crippen LogP contribution in [0.15, 0.2) is 57.4 Å². The van der Waals surface area contributed by atoms with Gasteiger partial charge in [0, 0.05) is 21.5 Å². The summed E-state index contributed by atoms with van der Waals surface area (Å²) in [5.74, 6) is 0. The second kappa shape index (κ2) is 14.8. The van der Waals surface area contributed by atoms with Gasteiger partial charge in [-0.05, 0) is 73.2 Å². The highest BCUT2D eigenvalue weighted by molar-refractivity contribution is 6.14. The van der Waals surface area contributed by atoms with Crippen molar-refractivity contribution in [2.45, 2.75) is 129 Å². The Labute approximate surface area is 241 Å². The molecule has 0 bridgehead atoms. The number of hydrogen-bond donors (Lipinski definition) is 0. The molecular weight excluding hydrogens is 488 g/mol. The van der Waals surface area contributed by atoms with E-state index in [4.69, 9.17) is 8.83 Å². The molecule has 0 saturated heterocycles. The van der Waals surface area contributed by atoms with E-state index in [1.165, 1.54) is 135 Å². The lowest BCUT2D eigenvalue weighted by Crippen LogP contribution is -1.86. The quantitative estimate of drug-likeness (QED) is 0.104. The van der Waals surface area contributed by atoms with Gasteiger partial charge in [0.15, 0.2) is 0 Å². The third kappa shape index (κ3) is 7.31. The summed E-state index contributed by atoms with van der Waals surface area (Å²) in [4.78, 5) is 0. The van der Waals surface area contributed by atoms with Gasteiger partial charge >= 0.3 is 0 Å². The minimum Gasteiger partial charge on any atom is -0.456 e. The van der Waals surface area contributed by atoms with E-state index < -0.39 is 0 Å². The maximum atomic E-state index is 6.34. The van der Waals surface area contributed by atoms with Crippen LogP contribution in [0.3, 0.4) is 0 Å². The number of furan rings is 2. The monoisotopic (exact) mass is 538 g/mol. The molecule has 214 valence electrons. The molecule has 0 fully saturated rings. The summed E-state index contributed by atoms with van der Waals surface area (Å²) in [7, 11) is 0. The van der Waals surface area contributed by atoms with Gasteiger partial charge in [0.05, 0.1) is 0 Å². The minimum absolute atomic E-state index is 0.961. The van der Waals surface area contributed by atoms with Crippen LogP contribution in [0.25, 0.3) is 43.9 Å². The highest BCUT2D eigenvalue weighted by Gasteiger charge is 2.14. The van der Waals surface area contributed by atoms with Crippen molar-refractivity contribution in [1.82, 2.24) is 0 Å². The zero-order chi connectivity index (χ0) is 27.6. The average Bonchev–Trinajstić information content (AvgIpc) is 3.51. The second-order valence-electron chi connectivity index (χ2n) is 12.2. The molecule has 0 amide bonds. The largest absolute Gasteiger partial charge is 0.456 e. The molecule has 0 atom stereocenters. The predicted molar refractivity (Wildman–Crippen MR) is 174 cm³/mol. The van der Waals surface area contributed by atoms with Crippen LogP contribution in [0.5, 0.6) is 0 Å². The fourth-order valence-electron chi connectivity index (χ4n) is 6.38. The molecule has 0 spiro atoms. The molecular formula is C38H50O2. The molecule has 0 aliphatic heterocycles. The van der Waals surface area contributed by atoms with Crippen LogP contribution in [0.2, 0.25) is 0 Å². The van der Waals surface area contributed by atoms with Crippen LogP contribution >= 0.6 is 0 Å². The molecule has 0 unspecified atom stereocenters. The molecule has 5 rings (SSSR count). The lowest BCUT2D eigenvalue weighted by Gasteiger charge is -2.03. The van der Waals surface area contributed by atoms with Crippen molar-refractivity contribution in [1.29, 1.82) is 0 Å². The highest BCUT2D eigenvalue weighted by atomic mass is 16.3. The zero-order valence-electron chi connectivity index (χ0n) is 25.2. The van der Waals surface area contributed by atoms with Gasteiger partial charge in [-0.2, -0.15) is 0 Å². The number of benzene rings is 3. The minimum atomic E-state index is 0.961. The Bertz CT molecular complexity index is 1370. The van der Waals surface area contributed by atoms with Crippen molar-refractivity contribution in [3.05, 3.63) is 59.7 Å². The molecule has 2 nitrogen and oxygen atoms in total. The molecule has 40 heavy (non-hydrogen) atoms. The molecule has 0 aliphatic carbocycles. The summed E-state index contributed by atoms with van der Waals surface area (Å²) in [5.41, 5.74) is 6.70. The normalized spacial score (nSPS) is 12.1. The number of rotatable bonds is 18. The Morgan fingerprint density at radius 3 is 1.12 bits per heavy atom. The summed E-state index contributed by atoms with van der Waals surface area (Å²) in [6.45, 7) is 4.57. The van der Waals surface area contributed by atoms with Crippen molar-refractivity contribution in [2.75, 3.05) is 0 Å². The Hall–Kier alpha value is -2.74. The van der Waals surface area contributed by atoms with E-state index in [9.17, 15) is 0 Å². The Morgan fingerprint density at radius 2 is 0.725 bits per heavy atom. The van der Waals surface area contributed by atoms with Crippen molar-refractivity contribution < 1.29 is 8.83 Å². The van der Waals surface area contributed by atoms with Gasteiger partial charge in [0.2, 0.25) is 0 Å². The average molecular weight is 539 g/mol. The predicted octanol–water partition coefficient (Wildman–Crippen LogP) is 12.9. The molecule has 2 aromatic heterocycles. The summed E-state index contributed by atoms with van der Waals surface area (Å²) in [5, 5.41) is 4.76. The van der Waals surface area contributed by atoms with Crippen LogP contribution in [0, 0.1) is 0 Å². The summed E-state index contributed by atoms with van der Waals surface area (Å²) in [6.07, 6.45) is 24.0. The van der Waals surface area contributed by atoms with E-state index >= 15 is 0 Å². The van der Waals surface area contributed by atoms with E-state index in [1.54, 1.807) is 0 Å². The topological polar surface area (TPSA) is 26.3 Å². The first-order valence-electron chi connectivity index (χ1n) is 16.6. The van der Waals surface area contributed by atoms with Crippen LogP contribution < -0.4 is 0 Å². The van der Waals surface area contributed by atoms with Gasteiger partial charge in [-0.25, -0.2) is 0 Å². The van der Waals surface area contributed by atoms with E-state index in [2.05, 4.69) is 62.4 Å². The van der Waals surface area contributed by atoms with Crippen molar-refractivity contribution in [3.63, 3.8) is 0 Å². The molecule has 0 N–H and O–H groups in total. The van der Waals surface area contributed by atoms with Crippen molar-refractivity contribution in [3.8, 4) is 0 Å². The van der Waals surface area contributed by atoms with Gasteiger partial charge in [-0.1, -0.05) is 116 Å². The smallest absolute Gasteiger partial charge is 0.136 e. The summed E-state index contributed by atoms with van der Waals surface area (Å²) >= 11 is 0. The maximum absolute atomic E-state index is 6.34. The lowest BCUT2D eigenvalue weighted by molar-refractivity contribution is 0.575. The third-order valence-electron chi connectivity index (χ3n) is 8.83. The van der Waals surface area contributed by atoms with Crippen LogP contribution in [0.1, 0.15) is 128 Å². The first-order chi connectivity index (χ1) is 19.8. The SMILES string of the molecule is CCCCCCCCCCc1ccc2oc3cc4c(cc3c2c1)oc1ccc(CCCCCCCCCC)cc14. The van der Waals surface area contributed by atoms with Crippen LogP contribution in [-0.2, 0) is 12.8 Å². The third-order valence-corrected chi connectivity index (χ3v) is 8.83. The second-order valence-corrected chi connectivity index (χ2v) is 12.2. The van der Waals surface area contributed by atoms with Crippen LogP contribution in [0.4, 0.5) is 0 Å². The van der Waals surface area contributed by atoms with Gasteiger partial charge in [0.25, 0.3) is 0 Å². The Kier molecular flexibility index (Phi) is 10.6. The van der Waals surface area contributed by atoms with Crippen molar-refractivity contribution in [2.24, 2.45) is 0 Å². The number of aryl methyl sites for hydroxylation is 2. The first-order valence-corrected chi connectivity index (χ1v) is 16.6. The fourth-order valence-corrected chi connectivity index (χ4v) is 6.38. The lowest BCUT2D eigenvalue weighted by atomic mass is 10.0. The first kappa shape index (κ1) is 28.8. The fraction of sp³-hybridized carbons (Fsp3) is 0.526. The molecule has 0 radical (unpaired) electrons. The maximum Gasteiger partial charge on any atom is 0.136 e. The molecule has 5 aromatic rings. The van der Waals surface area contributed by atoms with Gasteiger partial charge < -0.3 is 8.83 Å². The van der Waals surface area contributed by atoms with Gasteiger partial charge in [-0.3, -0.25) is 0 Å². The Balaban J connectivity index is 1.23. The van der Waals surface area contributed by atoms with Crippen molar-refractivity contribution >= 4 is 43.9 Å². The Morgan fingerprint density at radius 1 is 0.375 bits per heavy atom. The molecule has 2 heterocycles. The van der Waals surface area contributed by atoms with E-state index in [-0.39, 0.29) is 0 Å².